The van der Waals surface area contributed by atoms with Crippen molar-refractivity contribution in [3.63, 3.8) is 0 Å². The van der Waals surface area contributed by atoms with Crippen LogP contribution in [0.5, 0.6) is 0 Å². The number of thioether (sulfide) groups is 1. The first-order valence-corrected chi connectivity index (χ1v) is 7.92. The monoisotopic (exact) mass is 290 g/mol. The number of aryl methyl sites for hydroxylation is 2. The number of rotatable bonds is 7. The normalized spacial score (nSPS) is 11.2. The Morgan fingerprint density at radius 3 is 2.70 bits per heavy atom. The third-order valence-electron chi connectivity index (χ3n) is 3.17. The predicted molar refractivity (Wildman–Crippen MR) is 83.9 cm³/mol. The van der Waals surface area contributed by atoms with Crippen molar-refractivity contribution in [1.82, 2.24) is 19.7 Å². The van der Waals surface area contributed by atoms with Gasteiger partial charge in [0.05, 0.1) is 6.54 Å². The van der Waals surface area contributed by atoms with Crippen LogP contribution in [0.15, 0.2) is 35.5 Å². The van der Waals surface area contributed by atoms with Crippen LogP contribution in [-0.4, -0.2) is 39.0 Å². The summed E-state index contributed by atoms with van der Waals surface area (Å²) in [5.41, 5.74) is 1.31. The molecule has 0 spiro atoms. The fraction of sp³-hybridized carbons (Fsp3) is 0.467. The van der Waals surface area contributed by atoms with Crippen molar-refractivity contribution >= 4 is 11.8 Å². The second kappa shape index (κ2) is 7.45. The van der Waals surface area contributed by atoms with E-state index in [2.05, 4.69) is 60.1 Å². The molecule has 108 valence electrons. The van der Waals surface area contributed by atoms with E-state index in [0.717, 1.165) is 31.2 Å². The summed E-state index contributed by atoms with van der Waals surface area (Å²) in [5.74, 6) is 2.12. The lowest BCUT2D eigenvalue weighted by atomic mass is 10.2. The molecule has 0 amide bonds. The van der Waals surface area contributed by atoms with E-state index in [1.807, 2.05) is 16.4 Å². The van der Waals surface area contributed by atoms with Crippen LogP contribution in [0.1, 0.15) is 18.3 Å². The molecule has 2 rings (SSSR count). The highest BCUT2D eigenvalue weighted by molar-refractivity contribution is 7.99. The molecule has 0 saturated heterocycles. The van der Waals surface area contributed by atoms with Gasteiger partial charge >= 0.3 is 0 Å². The molecular formula is C15H22N4S. The second-order valence-corrected chi connectivity index (χ2v) is 6.06. The Kier molecular flexibility index (Phi) is 5.61. The molecule has 0 bridgehead atoms. The smallest absolute Gasteiger partial charge is 0.140 e. The van der Waals surface area contributed by atoms with E-state index in [-0.39, 0.29) is 0 Å². The SMILES string of the molecule is CCn1ncnc1CN(C)CCSc1ccc(C)cc1. The second-order valence-electron chi connectivity index (χ2n) is 4.89. The molecule has 5 heteroatoms. The van der Waals surface area contributed by atoms with E-state index < -0.39 is 0 Å². The Bertz CT molecular complexity index is 521. The van der Waals surface area contributed by atoms with E-state index in [4.69, 9.17) is 0 Å². The highest BCUT2D eigenvalue weighted by Crippen LogP contribution is 2.18. The van der Waals surface area contributed by atoms with Crippen LogP contribution in [0.3, 0.4) is 0 Å². The van der Waals surface area contributed by atoms with Crippen molar-refractivity contribution in [2.75, 3.05) is 19.3 Å². The third kappa shape index (κ3) is 4.35. The Balaban J connectivity index is 1.75. The third-order valence-corrected chi connectivity index (χ3v) is 4.16. The molecule has 0 aliphatic rings. The largest absolute Gasteiger partial charge is 0.298 e. The number of nitrogens with zero attached hydrogens (tertiary/aromatic N) is 4. The van der Waals surface area contributed by atoms with Crippen LogP contribution in [0.4, 0.5) is 0 Å². The molecule has 0 atom stereocenters. The molecule has 0 aliphatic carbocycles. The summed E-state index contributed by atoms with van der Waals surface area (Å²) in [7, 11) is 2.13. The standard InChI is InChI=1S/C15H22N4S/c1-4-19-15(16-12-17-19)11-18(3)9-10-20-14-7-5-13(2)6-8-14/h5-8,12H,4,9-11H2,1-3H3. The van der Waals surface area contributed by atoms with Crippen molar-refractivity contribution < 1.29 is 0 Å². The lowest BCUT2D eigenvalue weighted by Crippen LogP contribution is -2.23. The maximum atomic E-state index is 4.31. The highest BCUT2D eigenvalue weighted by atomic mass is 32.2. The summed E-state index contributed by atoms with van der Waals surface area (Å²) in [6.45, 7) is 6.97. The molecule has 4 nitrogen and oxygen atoms in total. The molecule has 0 N–H and O–H groups in total. The Labute approximate surface area is 125 Å². The van der Waals surface area contributed by atoms with Crippen LogP contribution < -0.4 is 0 Å². The summed E-state index contributed by atoms with van der Waals surface area (Å²) in [6.07, 6.45) is 1.63. The predicted octanol–water partition coefficient (Wildman–Crippen LogP) is 2.83. The van der Waals surface area contributed by atoms with Gasteiger partial charge in [0, 0.05) is 23.7 Å². The van der Waals surface area contributed by atoms with E-state index in [9.17, 15) is 0 Å². The van der Waals surface area contributed by atoms with Gasteiger partial charge in [-0.05, 0) is 33.0 Å². The maximum Gasteiger partial charge on any atom is 0.140 e. The molecule has 0 unspecified atom stereocenters. The molecule has 20 heavy (non-hydrogen) atoms. The lowest BCUT2D eigenvalue weighted by molar-refractivity contribution is 0.330. The summed E-state index contributed by atoms with van der Waals surface area (Å²) in [4.78, 5) is 7.93. The minimum atomic E-state index is 0.850. The Morgan fingerprint density at radius 2 is 2.00 bits per heavy atom. The number of benzene rings is 1. The van der Waals surface area contributed by atoms with Crippen LogP contribution in [-0.2, 0) is 13.1 Å². The van der Waals surface area contributed by atoms with E-state index in [1.54, 1.807) is 6.33 Å². The summed E-state index contributed by atoms with van der Waals surface area (Å²) >= 11 is 1.90. The van der Waals surface area contributed by atoms with Crippen LogP contribution in [0.2, 0.25) is 0 Å². The van der Waals surface area contributed by atoms with Gasteiger partial charge in [-0.25, -0.2) is 9.67 Å². The van der Waals surface area contributed by atoms with E-state index in [0.29, 0.717) is 0 Å². The highest BCUT2D eigenvalue weighted by Gasteiger charge is 2.06. The molecule has 1 heterocycles. The Morgan fingerprint density at radius 1 is 1.25 bits per heavy atom. The van der Waals surface area contributed by atoms with Crippen LogP contribution in [0, 0.1) is 6.92 Å². The molecule has 0 aliphatic heterocycles. The first-order valence-electron chi connectivity index (χ1n) is 6.93. The molecule has 0 fully saturated rings. The number of hydrogen-bond acceptors (Lipinski definition) is 4. The Hall–Kier alpha value is -1.33. The van der Waals surface area contributed by atoms with E-state index in [1.165, 1.54) is 10.5 Å². The molecule has 0 radical (unpaired) electrons. The van der Waals surface area contributed by atoms with Crippen LogP contribution in [0.25, 0.3) is 0 Å². The van der Waals surface area contributed by atoms with Crippen molar-refractivity contribution in [2.45, 2.75) is 31.8 Å². The van der Waals surface area contributed by atoms with Crippen molar-refractivity contribution in [3.05, 3.63) is 42.0 Å². The topological polar surface area (TPSA) is 34.0 Å². The van der Waals surface area contributed by atoms with Crippen LogP contribution >= 0.6 is 11.8 Å². The van der Waals surface area contributed by atoms with Gasteiger partial charge in [-0.3, -0.25) is 4.90 Å². The van der Waals surface area contributed by atoms with Gasteiger partial charge in [0.25, 0.3) is 0 Å². The quantitative estimate of drug-likeness (QED) is 0.734. The number of hydrogen-bond donors (Lipinski definition) is 0. The molecule has 2 aromatic rings. The van der Waals surface area contributed by atoms with Crippen molar-refractivity contribution in [3.8, 4) is 0 Å². The first-order chi connectivity index (χ1) is 9.69. The first kappa shape index (κ1) is 15.1. The maximum absolute atomic E-state index is 4.31. The summed E-state index contributed by atoms with van der Waals surface area (Å²) in [6, 6.07) is 8.70. The minimum absolute atomic E-state index is 0.850. The summed E-state index contributed by atoms with van der Waals surface area (Å²) in [5, 5.41) is 4.20. The molecule has 1 aromatic heterocycles. The average Bonchev–Trinajstić information content (AvgIpc) is 2.88. The van der Waals surface area contributed by atoms with Gasteiger partial charge in [-0.2, -0.15) is 5.10 Å². The zero-order valence-electron chi connectivity index (χ0n) is 12.4. The average molecular weight is 290 g/mol. The van der Waals surface area contributed by atoms with Crippen molar-refractivity contribution in [1.29, 1.82) is 0 Å². The fourth-order valence-electron chi connectivity index (χ4n) is 1.95. The zero-order valence-corrected chi connectivity index (χ0v) is 13.2. The van der Waals surface area contributed by atoms with Gasteiger partial charge in [0.1, 0.15) is 12.2 Å². The van der Waals surface area contributed by atoms with Gasteiger partial charge in [-0.1, -0.05) is 17.7 Å². The van der Waals surface area contributed by atoms with Gasteiger partial charge < -0.3 is 0 Å². The van der Waals surface area contributed by atoms with Gasteiger partial charge in [-0.15, -0.1) is 11.8 Å². The van der Waals surface area contributed by atoms with Gasteiger partial charge in [0.2, 0.25) is 0 Å². The summed E-state index contributed by atoms with van der Waals surface area (Å²) < 4.78 is 1.95. The minimum Gasteiger partial charge on any atom is -0.298 e. The van der Waals surface area contributed by atoms with E-state index >= 15 is 0 Å². The molecule has 1 aromatic carbocycles. The lowest BCUT2D eigenvalue weighted by Gasteiger charge is -2.16. The number of aromatic nitrogens is 3. The molecular weight excluding hydrogens is 268 g/mol. The fourth-order valence-corrected chi connectivity index (χ4v) is 2.92. The van der Waals surface area contributed by atoms with Crippen molar-refractivity contribution in [2.24, 2.45) is 0 Å². The zero-order chi connectivity index (χ0) is 14.4. The molecule has 0 saturated carbocycles. The van der Waals surface area contributed by atoms with Gasteiger partial charge in [0.15, 0.2) is 0 Å².